The van der Waals surface area contributed by atoms with Gasteiger partial charge in [0.2, 0.25) is 0 Å². The number of rotatable bonds is 5. The smallest absolute Gasteiger partial charge is 0.254 e. The molecule has 1 aliphatic heterocycles. The highest BCUT2D eigenvalue weighted by molar-refractivity contribution is 5.95. The molecule has 0 unspecified atom stereocenters. The van der Waals surface area contributed by atoms with Crippen molar-refractivity contribution in [3.8, 4) is 17.6 Å². The fraction of sp³-hybridized carbons (Fsp3) is 0.500. The van der Waals surface area contributed by atoms with Crippen LogP contribution in [-0.4, -0.2) is 37.1 Å². The van der Waals surface area contributed by atoms with Crippen LogP contribution in [0.15, 0.2) is 18.2 Å². The molecule has 1 amide bonds. The molecule has 0 atom stereocenters. The molecule has 0 spiro atoms. The van der Waals surface area contributed by atoms with Crippen LogP contribution < -0.4 is 9.47 Å². The largest absolute Gasteiger partial charge is 0.486 e. The maximum Gasteiger partial charge on any atom is 0.254 e. The molecule has 5 heteroatoms. The van der Waals surface area contributed by atoms with Crippen molar-refractivity contribution < 1.29 is 14.3 Å². The Balaban J connectivity index is 2.17. The van der Waals surface area contributed by atoms with Crippen LogP contribution in [0.2, 0.25) is 0 Å². The maximum atomic E-state index is 12.6. The number of carbonyl (C=O) groups is 1. The van der Waals surface area contributed by atoms with Crippen LogP contribution >= 0.6 is 0 Å². The van der Waals surface area contributed by atoms with Gasteiger partial charge in [-0.15, -0.1) is 0 Å². The van der Waals surface area contributed by atoms with Gasteiger partial charge < -0.3 is 14.4 Å². The lowest BCUT2D eigenvalue weighted by Crippen LogP contribution is -2.35. The highest BCUT2D eigenvalue weighted by Crippen LogP contribution is 2.31. The number of fused-ring (bicyclic) bond motifs is 1. The van der Waals surface area contributed by atoms with Crippen molar-refractivity contribution in [3.05, 3.63) is 23.8 Å². The Kier molecular flexibility index (Phi) is 5.04. The summed E-state index contributed by atoms with van der Waals surface area (Å²) in [5.74, 6) is 1.56. The first kappa shape index (κ1) is 15.2. The van der Waals surface area contributed by atoms with Gasteiger partial charge in [0.05, 0.1) is 12.5 Å². The standard InChI is InChI=1S/C16H20N2O3/c1-12(2)11-18(7-3-6-17)16(19)13-4-5-14-15(10-13)21-9-8-20-14/h4-5,10,12H,3,7-9,11H2,1-2H3. The lowest BCUT2D eigenvalue weighted by atomic mass is 10.1. The van der Waals surface area contributed by atoms with E-state index in [9.17, 15) is 4.79 Å². The minimum Gasteiger partial charge on any atom is -0.486 e. The van der Waals surface area contributed by atoms with E-state index in [2.05, 4.69) is 19.9 Å². The minimum absolute atomic E-state index is 0.0732. The van der Waals surface area contributed by atoms with E-state index >= 15 is 0 Å². The van der Waals surface area contributed by atoms with Gasteiger partial charge in [0, 0.05) is 18.7 Å². The van der Waals surface area contributed by atoms with Crippen LogP contribution in [0.5, 0.6) is 11.5 Å². The van der Waals surface area contributed by atoms with E-state index in [0.717, 1.165) is 0 Å². The average molecular weight is 288 g/mol. The molecule has 0 N–H and O–H groups in total. The molecule has 0 bridgehead atoms. The third kappa shape index (κ3) is 3.88. The second-order valence-corrected chi connectivity index (χ2v) is 5.41. The number of nitriles is 1. The van der Waals surface area contributed by atoms with Crippen molar-refractivity contribution in [3.63, 3.8) is 0 Å². The van der Waals surface area contributed by atoms with Gasteiger partial charge >= 0.3 is 0 Å². The molecular formula is C16H20N2O3. The Labute approximate surface area is 125 Å². The van der Waals surface area contributed by atoms with E-state index in [1.807, 2.05) is 0 Å². The van der Waals surface area contributed by atoms with Crippen LogP contribution in [-0.2, 0) is 0 Å². The molecule has 21 heavy (non-hydrogen) atoms. The Morgan fingerprint density at radius 3 is 2.71 bits per heavy atom. The SMILES string of the molecule is CC(C)CN(CCC#N)C(=O)c1ccc2c(c1)OCCO2. The predicted molar refractivity (Wildman–Crippen MR) is 78.4 cm³/mol. The molecule has 5 nitrogen and oxygen atoms in total. The highest BCUT2D eigenvalue weighted by atomic mass is 16.6. The average Bonchev–Trinajstić information content (AvgIpc) is 2.50. The van der Waals surface area contributed by atoms with E-state index in [-0.39, 0.29) is 5.91 Å². The molecule has 1 aromatic rings. The van der Waals surface area contributed by atoms with Crippen molar-refractivity contribution in [2.45, 2.75) is 20.3 Å². The Morgan fingerprint density at radius 2 is 2.05 bits per heavy atom. The molecule has 0 aliphatic carbocycles. The molecule has 0 saturated carbocycles. The third-order valence-corrected chi connectivity index (χ3v) is 3.16. The first-order chi connectivity index (χ1) is 10.1. The molecular weight excluding hydrogens is 268 g/mol. The van der Waals surface area contributed by atoms with E-state index in [4.69, 9.17) is 14.7 Å². The van der Waals surface area contributed by atoms with Crippen molar-refractivity contribution in [1.82, 2.24) is 4.90 Å². The quantitative estimate of drug-likeness (QED) is 0.835. The van der Waals surface area contributed by atoms with Gasteiger partial charge in [0.1, 0.15) is 13.2 Å². The summed E-state index contributed by atoms with van der Waals surface area (Å²) in [6.07, 6.45) is 0.336. The number of benzene rings is 1. The number of hydrogen-bond donors (Lipinski definition) is 0. The molecule has 2 rings (SSSR count). The summed E-state index contributed by atoms with van der Waals surface area (Å²) >= 11 is 0. The minimum atomic E-state index is -0.0732. The van der Waals surface area contributed by atoms with Crippen LogP contribution in [0.1, 0.15) is 30.6 Å². The Morgan fingerprint density at radius 1 is 1.33 bits per heavy atom. The Bertz CT molecular complexity index is 549. The fourth-order valence-corrected chi connectivity index (χ4v) is 2.26. The zero-order chi connectivity index (χ0) is 15.2. The summed E-state index contributed by atoms with van der Waals surface area (Å²) in [7, 11) is 0. The lowest BCUT2D eigenvalue weighted by Gasteiger charge is -2.25. The molecule has 0 aromatic heterocycles. The zero-order valence-corrected chi connectivity index (χ0v) is 12.5. The number of carbonyl (C=O) groups excluding carboxylic acids is 1. The summed E-state index contributed by atoms with van der Waals surface area (Å²) in [4.78, 5) is 14.3. The van der Waals surface area contributed by atoms with Gasteiger partial charge in [-0.3, -0.25) is 4.79 Å². The molecule has 0 radical (unpaired) electrons. The van der Waals surface area contributed by atoms with Crippen LogP contribution in [0.4, 0.5) is 0 Å². The van der Waals surface area contributed by atoms with Crippen molar-refractivity contribution in [2.75, 3.05) is 26.3 Å². The van der Waals surface area contributed by atoms with E-state index in [1.165, 1.54) is 0 Å². The highest BCUT2D eigenvalue weighted by Gasteiger charge is 2.20. The topological polar surface area (TPSA) is 62.6 Å². The summed E-state index contributed by atoms with van der Waals surface area (Å²) in [6, 6.07) is 7.32. The van der Waals surface area contributed by atoms with Crippen molar-refractivity contribution in [2.24, 2.45) is 5.92 Å². The molecule has 0 fully saturated rings. The molecule has 1 aliphatic rings. The van der Waals surface area contributed by atoms with Gasteiger partial charge in [0.15, 0.2) is 11.5 Å². The summed E-state index contributed by atoms with van der Waals surface area (Å²) in [5, 5.41) is 8.74. The van der Waals surface area contributed by atoms with Gasteiger partial charge in [-0.1, -0.05) is 13.8 Å². The lowest BCUT2D eigenvalue weighted by molar-refractivity contribution is 0.0739. The summed E-state index contributed by atoms with van der Waals surface area (Å²) in [5.41, 5.74) is 0.567. The Hall–Kier alpha value is -2.22. The van der Waals surface area contributed by atoms with Gasteiger partial charge in [-0.25, -0.2) is 0 Å². The van der Waals surface area contributed by atoms with Gasteiger partial charge in [-0.2, -0.15) is 5.26 Å². The van der Waals surface area contributed by atoms with Gasteiger partial charge in [0.25, 0.3) is 5.91 Å². The number of hydrogen-bond acceptors (Lipinski definition) is 4. The first-order valence-electron chi connectivity index (χ1n) is 7.17. The second-order valence-electron chi connectivity index (χ2n) is 5.41. The third-order valence-electron chi connectivity index (χ3n) is 3.16. The second kappa shape index (κ2) is 6.98. The normalized spacial score (nSPS) is 12.9. The molecule has 1 aromatic carbocycles. The molecule has 0 saturated heterocycles. The van der Waals surface area contributed by atoms with Crippen LogP contribution in [0, 0.1) is 17.2 Å². The van der Waals surface area contributed by atoms with Gasteiger partial charge in [-0.05, 0) is 24.1 Å². The van der Waals surface area contributed by atoms with Crippen LogP contribution in [0.25, 0.3) is 0 Å². The van der Waals surface area contributed by atoms with E-state index in [0.29, 0.717) is 55.7 Å². The monoisotopic (exact) mass is 288 g/mol. The predicted octanol–water partition coefficient (Wildman–Crippen LogP) is 2.47. The van der Waals surface area contributed by atoms with E-state index in [1.54, 1.807) is 23.1 Å². The first-order valence-corrected chi connectivity index (χ1v) is 7.17. The van der Waals surface area contributed by atoms with Crippen molar-refractivity contribution in [1.29, 1.82) is 5.26 Å². The number of amides is 1. The zero-order valence-electron chi connectivity index (χ0n) is 12.5. The number of ether oxygens (including phenoxy) is 2. The van der Waals surface area contributed by atoms with Crippen molar-refractivity contribution >= 4 is 5.91 Å². The number of nitrogens with zero attached hydrogens (tertiary/aromatic N) is 2. The maximum absolute atomic E-state index is 12.6. The van der Waals surface area contributed by atoms with Crippen LogP contribution in [0.3, 0.4) is 0 Å². The summed E-state index contributed by atoms with van der Waals surface area (Å²) in [6.45, 7) is 6.21. The molecule has 1 heterocycles. The fourth-order valence-electron chi connectivity index (χ4n) is 2.26. The molecule has 112 valence electrons. The van der Waals surface area contributed by atoms with E-state index < -0.39 is 0 Å². The summed E-state index contributed by atoms with van der Waals surface area (Å²) < 4.78 is 11.0.